The highest BCUT2D eigenvalue weighted by Crippen LogP contribution is 2.17. The van der Waals surface area contributed by atoms with Gasteiger partial charge in [0.05, 0.1) is 0 Å². The summed E-state index contributed by atoms with van der Waals surface area (Å²) in [4.78, 5) is 16.4. The molecule has 6 nitrogen and oxygen atoms in total. The molecule has 3 heterocycles. The van der Waals surface area contributed by atoms with Crippen molar-refractivity contribution in [2.75, 3.05) is 13.1 Å². The zero-order valence-corrected chi connectivity index (χ0v) is 14.5. The number of carbonyl (C=O) groups excluding carboxylic acids is 1. The zero-order chi connectivity index (χ0) is 15.9. The minimum atomic E-state index is 0. The van der Waals surface area contributed by atoms with E-state index < -0.39 is 0 Å². The van der Waals surface area contributed by atoms with E-state index in [2.05, 4.69) is 20.7 Å². The third-order valence-corrected chi connectivity index (χ3v) is 4.30. The Balaban J connectivity index is 0.00000208. The first-order chi connectivity index (χ1) is 11.3. The summed E-state index contributed by atoms with van der Waals surface area (Å²) in [6, 6.07) is 5.71. The Hall–Kier alpha value is -1.92. The lowest BCUT2D eigenvalue weighted by atomic mass is 9.93. The molecule has 1 aliphatic rings. The molecule has 0 radical (unpaired) electrons. The smallest absolute Gasteiger partial charge is 0.220 e. The number of nitrogens with zero attached hydrogens (tertiary/aromatic N) is 3. The largest absolute Gasteiger partial charge is 0.352 e. The van der Waals surface area contributed by atoms with Crippen molar-refractivity contribution in [3.8, 4) is 5.82 Å². The SMILES string of the molecule is Cl.O=C(CCC1CCNCC1)NCc1cccnc1-n1cccn1. The number of aromatic nitrogens is 3. The van der Waals surface area contributed by atoms with Gasteiger partial charge in [-0.25, -0.2) is 9.67 Å². The van der Waals surface area contributed by atoms with Crippen molar-refractivity contribution in [3.05, 3.63) is 42.4 Å². The number of amides is 1. The summed E-state index contributed by atoms with van der Waals surface area (Å²) in [6.07, 6.45) is 9.24. The fourth-order valence-corrected chi connectivity index (χ4v) is 2.96. The van der Waals surface area contributed by atoms with E-state index in [0.29, 0.717) is 18.9 Å². The summed E-state index contributed by atoms with van der Waals surface area (Å²) in [5.41, 5.74) is 0.964. The van der Waals surface area contributed by atoms with Crippen molar-refractivity contribution >= 4 is 18.3 Å². The van der Waals surface area contributed by atoms with E-state index in [0.717, 1.165) is 30.9 Å². The number of hydrogen-bond donors (Lipinski definition) is 2. The van der Waals surface area contributed by atoms with E-state index in [1.807, 2.05) is 24.4 Å². The Morgan fingerprint density at radius 1 is 1.29 bits per heavy atom. The Morgan fingerprint density at radius 2 is 2.12 bits per heavy atom. The van der Waals surface area contributed by atoms with Crippen molar-refractivity contribution in [1.29, 1.82) is 0 Å². The van der Waals surface area contributed by atoms with E-state index in [1.165, 1.54) is 12.8 Å². The summed E-state index contributed by atoms with van der Waals surface area (Å²) in [5, 5.41) is 10.6. The fourth-order valence-electron chi connectivity index (χ4n) is 2.96. The van der Waals surface area contributed by atoms with Gasteiger partial charge >= 0.3 is 0 Å². The topological polar surface area (TPSA) is 71.8 Å². The lowest BCUT2D eigenvalue weighted by molar-refractivity contribution is -0.121. The molecule has 2 N–H and O–H groups in total. The van der Waals surface area contributed by atoms with Gasteiger partial charge in [-0.2, -0.15) is 5.10 Å². The highest BCUT2D eigenvalue weighted by atomic mass is 35.5. The predicted molar refractivity (Wildman–Crippen MR) is 95.3 cm³/mol. The highest BCUT2D eigenvalue weighted by molar-refractivity contribution is 5.85. The van der Waals surface area contributed by atoms with E-state index in [1.54, 1.807) is 17.1 Å². The van der Waals surface area contributed by atoms with Crippen LogP contribution in [0.5, 0.6) is 0 Å². The van der Waals surface area contributed by atoms with Crippen LogP contribution in [0.3, 0.4) is 0 Å². The van der Waals surface area contributed by atoms with Gasteiger partial charge in [0.25, 0.3) is 0 Å². The maximum Gasteiger partial charge on any atom is 0.220 e. The van der Waals surface area contributed by atoms with Gasteiger partial charge in [-0.05, 0) is 50.4 Å². The second-order valence-corrected chi connectivity index (χ2v) is 5.95. The number of pyridine rings is 1. The van der Waals surface area contributed by atoms with Crippen molar-refractivity contribution in [1.82, 2.24) is 25.4 Å². The fraction of sp³-hybridized carbons (Fsp3) is 0.471. The number of hydrogen-bond acceptors (Lipinski definition) is 4. The third-order valence-electron chi connectivity index (χ3n) is 4.30. The molecule has 0 spiro atoms. The van der Waals surface area contributed by atoms with Crippen LogP contribution in [-0.4, -0.2) is 33.8 Å². The van der Waals surface area contributed by atoms with Crippen LogP contribution in [0.2, 0.25) is 0 Å². The summed E-state index contributed by atoms with van der Waals surface area (Å²) in [5.74, 6) is 1.55. The molecule has 0 aliphatic carbocycles. The second kappa shape index (κ2) is 9.39. The van der Waals surface area contributed by atoms with Gasteiger partial charge in [-0.1, -0.05) is 6.07 Å². The molecule has 1 aliphatic heterocycles. The molecule has 2 aromatic heterocycles. The zero-order valence-electron chi connectivity index (χ0n) is 13.6. The Bertz CT molecular complexity index is 626. The molecule has 7 heteroatoms. The molecule has 0 unspecified atom stereocenters. The molecule has 130 valence electrons. The summed E-state index contributed by atoms with van der Waals surface area (Å²) >= 11 is 0. The van der Waals surface area contributed by atoms with E-state index in [-0.39, 0.29) is 18.3 Å². The average molecular weight is 350 g/mol. The average Bonchev–Trinajstić information content (AvgIpc) is 3.14. The minimum absolute atomic E-state index is 0. The lowest BCUT2D eigenvalue weighted by Gasteiger charge is -2.22. The number of nitrogens with one attached hydrogen (secondary N) is 2. The maximum atomic E-state index is 12.1. The van der Waals surface area contributed by atoms with E-state index in [4.69, 9.17) is 0 Å². The Kier molecular flexibility index (Phi) is 7.21. The number of rotatable bonds is 6. The molecule has 24 heavy (non-hydrogen) atoms. The molecule has 0 atom stereocenters. The maximum absolute atomic E-state index is 12.1. The van der Waals surface area contributed by atoms with Gasteiger partial charge in [0.1, 0.15) is 0 Å². The van der Waals surface area contributed by atoms with Gasteiger partial charge in [-0.3, -0.25) is 4.79 Å². The van der Waals surface area contributed by atoms with Crippen LogP contribution in [0.15, 0.2) is 36.8 Å². The van der Waals surface area contributed by atoms with Crippen molar-refractivity contribution in [3.63, 3.8) is 0 Å². The number of piperidine rings is 1. The van der Waals surface area contributed by atoms with Crippen LogP contribution in [0, 0.1) is 5.92 Å². The van der Waals surface area contributed by atoms with Gasteiger partial charge in [0, 0.05) is 37.1 Å². The molecule has 1 amide bonds. The van der Waals surface area contributed by atoms with Gasteiger partial charge in [0.2, 0.25) is 5.91 Å². The second-order valence-electron chi connectivity index (χ2n) is 5.95. The first kappa shape index (κ1) is 18.4. The van der Waals surface area contributed by atoms with E-state index in [9.17, 15) is 4.79 Å². The normalized spacial score (nSPS) is 14.8. The van der Waals surface area contributed by atoms with Gasteiger partial charge < -0.3 is 10.6 Å². The predicted octanol–water partition coefficient (Wildman–Crippen LogP) is 2.09. The number of carbonyl (C=O) groups is 1. The standard InChI is InChI=1S/C17H23N5O.ClH/c23-16(5-4-14-6-10-18-11-7-14)20-13-15-3-1-8-19-17(15)22-12-2-9-21-22;/h1-3,8-9,12,14,18H,4-7,10-11,13H2,(H,20,23);1H. The third kappa shape index (κ3) is 5.04. The highest BCUT2D eigenvalue weighted by Gasteiger charge is 2.14. The summed E-state index contributed by atoms with van der Waals surface area (Å²) in [6.45, 7) is 2.64. The van der Waals surface area contributed by atoms with Crippen LogP contribution in [-0.2, 0) is 11.3 Å². The molecular weight excluding hydrogens is 326 g/mol. The van der Waals surface area contributed by atoms with Crippen molar-refractivity contribution in [2.24, 2.45) is 5.92 Å². The van der Waals surface area contributed by atoms with Crippen LogP contribution < -0.4 is 10.6 Å². The van der Waals surface area contributed by atoms with Crippen LogP contribution >= 0.6 is 12.4 Å². The van der Waals surface area contributed by atoms with Crippen LogP contribution in [0.25, 0.3) is 5.82 Å². The monoisotopic (exact) mass is 349 g/mol. The number of halogens is 1. The summed E-state index contributed by atoms with van der Waals surface area (Å²) in [7, 11) is 0. The molecule has 0 saturated carbocycles. The van der Waals surface area contributed by atoms with Crippen molar-refractivity contribution in [2.45, 2.75) is 32.2 Å². The van der Waals surface area contributed by atoms with E-state index >= 15 is 0 Å². The Morgan fingerprint density at radius 3 is 2.88 bits per heavy atom. The minimum Gasteiger partial charge on any atom is -0.352 e. The quantitative estimate of drug-likeness (QED) is 0.837. The molecule has 0 bridgehead atoms. The Labute approximate surface area is 148 Å². The van der Waals surface area contributed by atoms with Gasteiger partial charge in [-0.15, -0.1) is 12.4 Å². The molecule has 0 aromatic carbocycles. The summed E-state index contributed by atoms with van der Waals surface area (Å²) < 4.78 is 1.72. The molecule has 3 rings (SSSR count). The first-order valence-electron chi connectivity index (χ1n) is 8.24. The molecular formula is C17H24ClN5O. The molecule has 2 aromatic rings. The lowest BCUT2D eigenvalue weighted by Crippen LogP contribution is -2.29. The van der Waals surface area contributed by atoms with Crippen molar-refractivity contribution < 1.29 is 4.79 Å². The van der Waals surface area contributed by atoms with Crippen LogP contribution in [0.4, 0.5) is 0 Å². The van der Waals surface area contributed by atoms with Crippen LogP contribution in [0.1, 0.15) is 31.2 Å². The first-order valence-corrected chi connectivity index (χ1v) is 8.24. The van der Waals surface area contributed by atoms with Gasteiger partial charge in [0.15, 0.2) is 5.82 Å². The molecule has 1 fully saturated rings. The molecule has 1 saturated heterocycles.